The Morgan fingerprint density at radius 1 is 1.14 bits per heavy atom. The van der Waals surface area contributed by atoms with Crippen LogP contribution < -0.4 is 15.2 Å². The molecule has 0 saturated heterocycles. The Bertz CT molecular complexity index is 1620. The minimum absolute atomic E-state index is 0.104. The minimum atomic E-state index is -0.560. The first-order valence-electron chi connectivity index (χ1n) is 13.5. The van der Waals surface area contributed by atoms with Gasteiger partial charge in [-0.05, 0) is 48.6 Å². The van der Waals surface area contributed by atoms with Crippen LogP contribution in [0.3, 0.4) is 0 Å². The zero-order valence-corrected chi connectivity index (χ0v) is 26.2. The second kappa shape index (κ2) is 13.0. The van der Waals surface area contributed by atoms with Gasteiger partial charge in [-0.2, -0.15) is 10.1 Å². The molecule has 1 unspecified atom stereocenters. The van der Waals surface area contributed by atoms with E-state index in [4.69, 9.17) is 37.8 Å². The van der Waals surface area contributed by atoms with E-state index >= 15 is 0 Å². The van der Waals surface area contributed by atoms with Gasteiger partial charge in [-0.1, -0.05) is 49.2 Å². The van der Waals surface area contributed by atoms with Gasteiger partial charge < -0.3 is 18.9 Å². The van der Waals surface area contributed by atoms with Gasteiger partial charge >= 0.3 is 5.97 Å². The number of methoxy groups -OCH3 is 1. The molecular weight excluding hydrogens is 579 g/mol. The molecule has 0 aliphatic heterocycles. The molecule has 12 heteroatoms. The van der Waals surface area contributed by atoms with Crippen molar-refractivity contribution in [2.45, 2.75) is 39.0 Å². The van der Waals surface area contributed by atoms with Crippen molar-refractivity contribution in [3.63, 3.8) is 0 Å². The third-order valence-corrected chi connectivity index (χ3v) is 7.30. The molecule has 4 aromatic rings. The number of nitrogens with zero attached hydrogens (tertiary/aromatic N) is 6. The van der Waals surface area contributed by atoms with Crippen LogP contribution >= 0.6 is 23.2 Å². The van der Waals surface area contributed by atoms with Crippen LogP contribution in [0.5, 0.6) is 5.88 Å². The highest BCUT2D eigenvalue weighted by molar-refractivity contribution is 6.30. The number of carbonyl (C=O) groups is 1. The zero-order valence-electron chi connectivity index (χ0n) is 24.7. The van der Waals surface area contributed by atoms with Crippen LogP contribution in [0.25, 0.3) is 5.69 Å². The molecule has 0 fully saturated rings. The molecule has 0 aliphatic carbocycles. The van der Waals surface area contributed by atoms with Gasteiger partial charge in [0.1, 0.15) is 10.7 Å². The fraction of sp³-hybridized carbons (Fsp3) is 0.367. The van der Waals surface area contributed by atoms with Crippen molar-refractivity contribution < 1.29 is 14.3 Å². The number of rotatable bonds is 10. The van der Waals surface area contributed by atoms with Gasteiger partial charge in [0.25, 0.3) is 5.56 Å². The second-order valence-corrected chi connectivity index (χ2v) is 11.2. The predicted octanol–water partition coefficient (Wildman–Crippen LogP) is 5.42. The smallest absolute Gasteiger partial charge is 0.359 e. The molecule has 222 valence electrons. The molecule has 3 heterocycles. The Kier molecular flexibility index (Phi) is 9.58. The Morgan fingerprint density at radius 2 is 1.83 bits per heavy atom. The van der Waals surface area contributed by atoms with Crippen molar-refractivity contribution in [3.05, 3.63) is 91.2 Å². The quantitative estimate of drug-likeness (QED) is 0.219. The van der Waals surface area contributed by atoms with Crippen LogP contribution in [0, 0.1) is 0 Å². The van der Waals surface area contributed by atoms with E-state index in [1.165, 1.54) is 11.7 Å². The number of aromatic nitrogens is 5. The maximum Gasteiger partial charge on any atom is 0.359 e. The summed E-state index contributed by atoms with van der Waals surface area (Å²) < 4.78 is 14.3. The highest BCUT2D eigenvalue weighted by Crippen LogP contribution is 2.39. The lowest BCUT2D eigenvalue weighted by Crippen LogP contribution is -2.19. The largest absolute Gasteiger partial charge is 0.479 e. The van der Waals surface area contributed by atoms with Gasteiger partial charge in [0, 0.05) is 43.8 Å². The first-order valence-corrected chi connectivity index (χ1v) is 14.2. The molecule has 0 spiro atoms. The number of hydrogen-bond donors (Lipinski definition) is 0. The summed E-state index contributed by atoms with van der Waals surface area (Å²) in [6, 6.07) is 9.11. The molecule has 1 atom stereocenters. The topological polar surface area (TPSA) is 104 Å². The Labute approximate surface area is 254 Å². The lowest BCUT2D eigenvalue weighted by molar-refractivity contribution is 0.0517. The SMILES string of the molecule is CCOC(=O)c1nn(-c2cnc(N(C)C)nc2OC)c(C(C)C)c1C(Cc1cc(Cl)c(=O)n(C)c1)c1ccc(Cl)cc1. The number of aryl methyl sites for hydroxylation is 1. The highest BCUT2D eigenvalue weighted by Gasteiger charge is 2.33. The van der Waals surface area contributed by atoms with Gasteiger partial charge in [-0.25, -0.2) is 14.5 Å². The first-order chi connectivity index (χ1) is 20.0. The highest BCUT2D eigenvalue weighted by atomic mass is 35.5. The molecule has 0 N–H and O–H groups in total. The first kappa shape index (κ1) is 31.1. The summed E-state index contributed by atoms with van der Waals surface area (Å²) in [5.41, 5.74) is 3.47. The molecule has 0 amide bonds. The number of carbonyl (C=O) groups excluding carboxylic acids is 1. The third-order valence-electron chi connectivity index (χ3n) is 6.78. The average Bonchev–Trinajstić information content (AvgIpc) is 3.35. The predicted molar refractivity (Wildman–Crippen MR) is 164 cm³/mol. The van der Waals surface area contributed by atoms with Crippen molar-refractivity contribution >= 4 is 35.1 Å². The van der Waals surface area contributed by atoms with E-state index < -0.39 is 11.9 Å². The second-order valence-electron chi connectivity index (χ2n) is 10.3. The van der Waals surface area contributed by atoms with Crippen molar-refractivity contribution in [2.24, 2.45) is 7.05 Å². The fourth-order valence-corrected chi connectivity index (χ4v) is 5.30. The normalized spacial score (nSPS) is 12.0. The third kappa shape index (κ3) is 6.29. The molecule has 0 bridgehead atoms. The summed E-state index contributed by atoms with van der Waals surface area (Å²) in [6.07, 6.45) is 3.78. The van der Waals surface area contributed by atoms with Gasteiger partial charge in [-0.3, -0.25) is 4.79 Å². The fourth-order valence-electron chi connectivity index (χ4n) is 4.90. The summed E-state index contributed by atoms with van der Waals surface area (Å²) in [6.45, 7) is 5.97. The van der Waals surface area contributed by atoms with E-state index in [1.807, 2.05) is 40.1 Å². The average molecular weight is 614 g/mol. The molecule has 0 aliphatic rings. The molecule has 42 heavy (non-hydrogen) atoms. The molecule has 10 nitrogen and oxygen atoms in total. The molecule has 0 radical (unpaired) electrons. The van der Waals surface area contributed by atoms with Gasteiger partial charge in [0.05, 0.1) is 25.6 Å². The van der Waals surface area contributed by atoms with Gasteiger partial charge in [0.15, 0.2) is 5.69 Å². The van der Waals surface area contributed by atoms with E-state index in [0.717, 1.165) is 16.8 Å². The van der Waals surface area contributed by atoms with Crippen LogP contribution in [0.15, 0.2) is 47.5 Å². The molecule has 4 rings (SSSR count). The summed E-state index contributed by atoms with van der Waals surface area (Å²) >= 11 is 12.6. The van der Waals surface area contributed by atoms with Crippen molar-refractivity contribution in [3.8, 4) is 11.6 Å². The summed E-state index contributed by atoms with van der Waals surface area (Å²) in [7, 11) is 6.85. The minimum Gasteiger partial charge on any atom is -0.479 e. The summed E-state index contributed by atoms with van der Waals surface area (Å²) in [5, 5.41) is 5.51. The monoisotopic (exact) mass is 612 g/mol. The van der Waals surface area contributed by atoms with E-state index in [9.17, 15) is 9.59 Å². The molecule has 0 saturated carbocycles. The van der Waals surface area contributed by atoms with E-state index in [-0.39, 0.29) is 28.8 Å². The van der Waals surface area contributed by atoms with E-state index in [2.05, 4.69) is 9.97 Å². The van der Waals surface area contributed by atoms with Crippen molar-refractivity contribution in [1.29, 1.82) is 0 Å². The number of hydrogen-bond acceptors (Lipinski definition) is 8. The van der Waals surface area contributed by atoms with Gasteiger partial charge in [0.2, 0.25) is 11.8 Å². The molecule has 1 aromatic carbocycles. The van der Waals surface area contributed by atoms with E-state index in [1.54, 1.807) is 54.1 Å². The number of esters is 1. The summed E-state index contributed by atoms with van der Waals surface area (Å²) in [5.74, 6) is -0.296. The standard InChI is InChI=1S/C30H34Cl2N6O4/c1-8-42-29(40)25-24(26(17(2)3)38(35-25)23-15-33-30(36(4)5)34-27(23)41-7)21(19-9-11-20(31)12-10-19)13-18-14-22(32)28(39)37(6)16-18/h9-12,14-17,21H,8,13H2,1-7H3. The number of halogens is 2. The molecule has 3 aromatic heterocycles. The lowest BCUT2D eigenvalue weighted by Gasteiger charge is -2.22. The lowest BCUT2D eigenvalue weighted by atomic mass is 9.83. The van der Waals surface area contributed by atoms with Crippen molar-refractivity contribution in [2.75, 3.05) is 32.7 Å². The number of benzene rings is 1. The number of ether oxygens (including phenoxy) is 2. The van der Waals surface area contributed by atoms with Crippen LogP contribution in [0.1, 0.15) is 65.5 Å². The Morgan fingerprint density at radius 3 is 2.40 bits per heavy atom. The van der Waals surface area contributed by atoms with Crippen LogP contribution in [0.2, 0.25) is 10.0 Å². The van der Waals surface area contributed by atoms with E-state index in [0.29, 0.717) is 34.5 Å². The van der Waals surface area contributed by atoms with Crippen molar-refractivity contribution in [1.82, 2.24) is 24.3 Å². The zero-order chi connectivity index (χ0) is 30.7. The summed E-state index contributed by atoms with van der Waals surface area (Å²) in [4.78, 5) is 36.7. The number of pyridine rings is 1. The van der Waals surface area contributed by atoms with Crippen LogP contribution in [0.4, 0.5) is 5.95 Å². The maximum atomic E-state index is 13.5. The number of anilines is 1. The molecular formula is C30H34Cl2N6O4. The van der Waals surface area contributed by atoms with Crippen LogP contribution in [-0.4, -0.2) is 58.1 Å². The maximum absolute atomic E-state index is 13.5. The van der Waals surface area contributed by atoms with Crippen LogP contribution in [-0.2, 0) is 18.2 Å². The Hall–Kier alpha value is -3.89. The van der Waals surface area contributed by atoms with Gasteiger partial charge in [-0.15, -0.1) is 0 Å². The Balaban J connectivity index is 2.05.